The van der Waals surface area contributed by atoms with Crippen LogP contribution in [0.15, 0.2) is 79.0 Å². The van der Waals surface area contributed by atoms with Gasteiger partial charge in [0.05, 0.1) is 12.5 Å². The van der Waals surface area contributed by atoms with Gasteiger partial charge in [0.15, 0.2) is 0 Å². The molecule has 10 nitrogen and oxygen atoms in total. The van der Waals surface area contributed by atoms with E-state index in [0.29, 0.717) is 31.4 Å². The molecule has 248 valence electrons. The molecule has 2 atom stereocenters. The number of carbonyl (C=O) groups excluding carboxylic acids is 2. The summed E-state index contributed by atoms with van der Waals surface area (Å²) in [5.74, 6) is -3.40. The zero-order chi connectivity index (χ0) is 34.1. The number of carboxylic acids is 2. The lowest BCUT2D eigenvalue weighted by Gasteiger charge is -2.24. The number of aliphatic carboxylic acids is 2. The van der Waals surface area contributed by atoms with Crippen molar-refractivity contribution < 1.29 is 42.6 Å². The van der Waals surface area contributed by atoms with E-state index in [4.69, 9.17) is 9.90 Å². The second kappa shape index (κ2) is 18.8. The number of amides is 2. The highest BCUT2D eigenvalue weighted by Crippen LogP contribution is 2.24. The number of hydrogen-bond donors (Lipinski definition) is 5. The first kappa shape index (κ1) is 37.2. The minimum atomic E-state index is -5.08. The lowest BCUT2D eigenvalue weighted by molar-refractivity contribution is -0.192. The van der Waals surface area contributed by atoms with Gasteiger partial charge >= 0.3 is 18.1 Å². The Morgan fingerprint density at radius 3 is 1.98 bits per heavy atom. The Hall–Kier alpha value is -4.94. The Bertz CT molecular complexity index is 1390. The van der Waals surface area contributed by atoms with Crippen molar-refractivity contribution in [2.75, 3.05) is 11.9 Å². The van der Waals surface area contributed by atoms with Gasteiger partial charge in [-0.2, -0.15) is 13.2 Å². The van der Waals surface area contributed by atoms with E-state index >= 15 is 0 Å². The van der Waals surface area contributed by atoms with Gasteiger partial charge in [0.2, 0.25) is 11.8 Å². The van der Waals surface area contributed by atoms with Crippen LogP contribution in [0.1, 0.15) is 57.6 Å². The van der Waals surface area contributed by atoms with Crippen molar-refractivity contribution in [2.45, 2.75) is 64.2 Å². The van der Waals surface area contributed by atoms with Crippen LogP contribution in [0.5, 0.6) is 0 Å². The predicted octanol–water partition coefficient (Wildman–Crippen LogP) is 5.83. The van der Waals surface area contributed by atoms with E-state index in [0.717, 1.165) is 23.4 Å². The van der Waals surface area contributed by atoms with Gasteiger partial charge < -0.3 is 26.2 Å². The summed E-state index contributed by atoms with van der Waals surface area (Å²) >= 11 is 0. The zero-order valence-electron chi connectivity index (χ0n) is 25.6. The number of hydrogen-bond acceptors (Lipinski definition) is 6. The Balaban J connectivity index is 0.000000942. The zero-order valence-corrected chi connectivity index (χ0v) is 25.6. The Morgan fingerprint density at radius 2 is 1.43 bits per heavy atom. The van der Waals surface area contributed by atoms with E-state index < -0.39 is 30.2 Å². The molecule has 13 heteroatoms. The van der Waals surface area contributed by atoms with E-state index in [-0.39, 0.29) is 24.2 Å². The van der Waals surface area contributed by atoms with E-state index in [1.807, 2.05) is 86.6 Å². The molecule has 0 aliphatic carbocycles. The minimum absolute atomic E-state index is 0.159. The minimum Gasteiger partial charge on any atom is -0.481 e. The molecule has 0 aliphatic rings. The SMILES string of the molecule is CC(C)C[C@@H](NC(=O)CCCCNc1ccccn1)C(=O)NC(CC(=O)O)c1ccc(-c2ccccc2)cc1.O=C(O)C(F)(F)F. The maximum Gasteiger partial charge on any atom is 0.490 e. The number of rotatable bonds is 15. The first-order chi connectivity index (χ1) is 21.8. The fraction of sp³-hybridized carbons (Fsp3) is 0.364. The number of benzene rings is 2. The van der Waals surface area contributed by atoms with Crippen molar-refractivity contribution in [1.82, 2.24) is 15.6 Å². The number of carboxylic acid groups (broad SMARTS) is 2. The van der Waals surface area contributed by atoms with Gasteiger partial charge in [-0.05, 0) is 54.0 Å². The van der Waals surface area contributed by atoms with Crippen LogP contribution in [0.25, 0.3) is 11.1 Å². The number of anilines is 1. The third kappa shape index (κ3) is 14.2. The second-order valence-electron chi connectivity index (χ2n) is 10.8. The molecule has 1 aromatic heterocycles. The van der Waals surface area contributed by atoms with E-state index in [9.17, 15) is 32.7 Å². The topological polar surface area (TPSA) is 158 Å². The van der Waals surface area contributed by atoms with Crippen LogP contribution in [-0.2, 0) is 19.2 Å². The number of pyridine rings is 1. The summed E-state index contributed by atoms with van der Waals surface area (Å²) in [6.07, 6.45) is -1.43. The average molecular weight is 645 g/mol. The normalized spacial score (nSPS) is 12.2. The lowest BCUT2D eigenvalue weighted by atomic mass is 9.98. The van der Waals surface area contributed by atoms with Gasteiger partial charge in [-0.1, -0.05) is 74.5 Å². The van der Waals surface area contributed by atoms with E-state index in [2.05, 4.69) is 20.9 Å². The van der Waals surface area contributed by atoms with Crippen LogP contribution in [-0.4, -0.2) is 57.7 Å². The first-order valence-electron chi connectivity index (χ1n) is 14.7. The standard InChI is InChI=1S/C31H38N4O4.C2HF3O2/c1-22(2)20-27(34-29(36)13-7-9-19-33-28-12-6-8-18-32-28)31(39)35-26(21-30(37)38)25-16-14-24(15-17-25)23-10-4-3-5-11-23;3-2(4,5)1(6)7/h3-6,8,10-12,14-18,22,26-27H,7,9,13,19-21H2,1-2H3,(H,32,33)(H,34,36)(H,35,39)(H,37,38);(H,6,7)/t26?,27-;/m1./s1. The molecule has 0 saturated heterocycles. The molecule has 0 spiro atoms. The molecular weight excluding hydrogens is 605 g/mol. The maximum atomic E-state index is 13.3. The van der Waals surface area contributed by atoms with Gasteiger partial charge in [-0.3, -0.25) is 14.4 Å². The number of unbranched alkanes of at least 4 members (excludes halogenated alkanes) is 1. The molecule has 2 aromatic carbocycles. The molecule has 3 aromatic rings. The van der Waals surface area contributed by atoms with Crippen LogP contribution in [0.4, 0.5) is 19.0 Å². The van der Waals surface area contributed by atoms with Crippen molar-refractivity contribution >= 4 is 29.6 Å². The van der Waals surface area contributed by atoms with Crippen molar-refractivity contribution in [3.05, 3.63) is 84.6 Å². The summed E-state index contributed by atoms with van der Waals surface area (Å²) < 4.78 is 31.7. The monoisotopic (exact) mass is 644 g/mol. The molecule has 1 unspecified atom stereocenters. The van der Waals surface area contributed by atoms with Gasteiger partial charge in [0.1, 0.15) is 11.9 Å². The Kier molecular flexibility index (Phi) is 15.2. The van der Waals surface area contributed by atoms with Gasteiger partial charge in [-0.15, -0.1) is 0 Å². The summed E-state index contributed by atoms with van der Waals surface area (Å²) in [6.45, 7) is 4.65. The number of halogens is 3. The van der Waals surface area contributed by atoms with Crippen LogP contribution in [0.3, 0.4) is 0 Å². The number of nitrogens with zero attached hydrogens (tertiary/aromatic N) is 1. The first-order valence-corrected chi connectivity index (χ1v) is 14.7. The maximum absolute atomic E-state index is 13.3. The lowest BCUT2D eigenvalue weighted by Crippen LogP contribution is -2.48. The van der Waals surface area contributed by atoms with Crippen molar-refractivity contribution in [2.24, 2.45) is 5.92 Å². The molecule has 0 aliphatic heterocycles. The largest absolute Gasteiger partial charge is 0.490 e. The molecule has 3 rings (SSSR count). The average Bonchev–Trinajstić information content (AvgIpc) is 3.00. The predicted molar refractivity (Wildman–Crippen MR) is 167 cm³/mol. The molecule has 2 amide bonds. The summed E-state index contributed by atoms with van der Waals surface area (Å²) in [7, 11) is 0. The number of nitrogens with one attached hydrogen (secondary N) is 3. The summed E-state index contributed by atoms with van der Waals surface area (Å²) in [5.41, 5.74) is 2.75. The summed E-state index contributed by atoms with van der Waals surface area (Å²) in [6, 6.07) is 21.6. The van der Waals surface area contributed by atoms with E-state index in [1.54, 1.807) is 6.20 Å². The highest BCUT2D eigenvalue weighted by molar-refractivity contribution is 5.88. The van der Waals surface area contributed by atoms with Gasteiger partial charge in [0, 0.05) is 19.2 Å². The smallest absolute Gasteiger partial charge is 0.481 e. The van der Waals surface area contributed by atoms with Crippen molar-refractivity contribution in [3.63, 3.8) is 0 Å². The third-order valence-electron chi connectivity index (χ3n) is 6.52. The van der Waals surface area contributed by atoms with Crippen molar-refractivity contribution in [1.29, 1.82) is 0 Å². The second-order valence-corrected chi connectivity index (χ2v) is 10.8. The molecule has 0 bridgehead atoms. The fourth-order valence-electron chi connectivity index (χ4n) is 4.30. The highest BCUT2D eigenvalue weighted by atomic mass is 19.4. The van der Waals surface area contributed by atoms with Gasteiger partial charge in [-0.25, -0.2) is 9.78 Å². The molecular formula is C33H39F3N4O6. The Morgan fingerprint density at radius 1 is 0.826 bits per heavy atom. The van der Waals surface area contributed by atoms with E-state index in [1.165, 1.54) is 0 Å². The fourth-order valence-corrected chi connectivity index (χ4v) is 4.30. The van der Waals surface area contributed by atoms with Crippen LogP contribution < -0.4 is 16.0 Å². The molecule has 5 N–H and O–H groups in total. The molecule has 0 saturated carbocycles. The number of alkyl halides is 3. The van der Waals surface area contributed by atoms with Crippen molar-refractivity contribution in [3.8, 4) is 11.1 Å². The molecule has 0 fully saturated rings. The van der Waals surface area contributed by atoms with Crippen LogP contribution >= 0.6 is 0 Å². The van der Waals surface area contributed by atoms with Crippen LogP contribution in [0, 0.1) is 5.92 Å². The quantitative estimate of drug-likeness (QED) is 0.129. The summed E-state index contributed by atoms with van der Waals surface area (Å²) in [5, 5.41) is 25.6. The molecule has 1 heterocycles. The molecule has 0 radical (unpaired) electrons. The Labute approximate surface area is 265 Å². The third-order valence-corrected chi connectivity index (χ3v) is 6.52. The number of aromatic nitrogens is 1. The summed E-state index contributed by atoms with van der Waals surface area (Å²) in [4.78, 5) is 50.6. The van der Waals surface area contributed by atoms with Gasteiger partial charge in [0.25, 0.3) is 0 Å². The highest BCUT2D eigenvalue weighted by Gasteiger charge is 2.38. The molecule has 46 heavy (non-hydrogen) atoms. The van der Waals surface area contributed by atoms with Crippen LogP contribution in [0.2, 0.25) is 0 Å². The number of carbonyl (C=O) groups is 4.